The van der Waals surface area contributed by atoms with Crippen LogP contribution >= 0.6 is 11.6 Å². The van der Waals surface area contributed by atoms with Crippen molar-refractivity contribution in [2.45, 2.75) is 19.4 Å². The first kappa shape index (κ1) is 17.7. The molecule has 1 aliphatic heterocycles. The van der Waals surface area contributed by atoms with Crippen LogP contribution in [0.25, 0.3) is 10.9 Å². The summed E-state index contributed by atoms with van der Waals surface area (Å²) in [4.78, 5) is 18.2. The quantitative estimate of drug-likeness (QED) is 0.740. The van der Waals surface area contributed by atoms with Crippen LogP contribution in [0.15, 0.2) is 36.4 Å². The lowest BCUT2D eigenvalue weighted by molar-refractivity contribution is -0.131. The zero-order chi connectivity index (χ0) is 19.0. The Kier molecular flexibility index (Phi) is 4.70. The number of ether oxygens (including phenoxy) is 2. The van der Waals surface area contributed by atoms with E-state index in [-0.39, 0.29) is 5.91 Å². The van der Waals surface area contributed by atoms with Crippen molar-refractivity contribution in [3.05, 3.63) is 58.2 Å². The van der Waals surface area contributed by atoms with E-state index in [4.69, 9.17) is 21.1 Å². The van der Waals surface area contributed by atoms with Crippen LogP contribution in [0.5, 0.6) is 11.5 Å². The summed E-state index contributed by atoms with van der Waals surface area (Å²) in [6, 6.07) is 11.4. The third-order valence-corrected chi connectivity index (χ3v) is 5.33. The van der Waals surface area contributed by atoms with Crippen molar-refractivity contribution in [3.63, 3.8) is 0 Å². The SMILES string of the molecule is COc1ccc(CC(=O)N2CCc3[nH]c4cc(Cl)ccc4c3C2)cc1OC. The van der Waals surface area contributed by atoms with E-state index in [0.717, 1.165) is 22.9 Å². The van der Waals surface area contributed by atoms with Crippen LogP contribution < -0.4 is 9.47 Å². The van der Waals surface area contributed by atoms with Gasteiger partial charge in [-0.3, -0.25) is 4.79 Å². The van der Waals surface area contributed by atoms with E-state index >= 15 is 0 Å². The molecule has 1 aromatic heterocycles. The van der Waals surface area contributed by atoms with E-state index in [1.54, 1.807) is 14.2 Å². The number of H-pyrrole nitrogens is 1. The zero-order valence-electron chi connectivity index (χ0n) is 15.3. The van der Waals surface area contributed by atoms with Crippen molar-refractivity contribution < 1.29 is 14.3 Å². The Morgan fingerprint density at radius 1 is 1.15 bits per heavy atom. The number of benzene rings is 2. The highest BCUT2D eigenvalue weighted by molar-refractivity contribution is 6.31. The fourth-order valence-electron chi connectivity index (χ4n) is 3.68. The minimum absolute atomic E-state index is 0.108. The average molecular weight is 385 g/mol. The maximum atomic E-state index is 12.9. The van der Waals surface area contributed by atoms with Crippen LogP contribution in [0, 0.1) is 0 Å². The molecule has 27 heavy (non-hydrogen) atoms. The number of rotatable bonds is 4. The third kappa shape index (κ3) is 3.35. The Balaban J connectivity index is 1.53. The Labute approximate surface area is 162 Å². The van der Waals surface area contributed by atoms with E-state index in [2.05, 4.69) is 4.98 Å². The average Bonchev–Trinajstić information content (AvgIpc) is 3.04. The molecule has 0 spiro atoms. The molecule has 3 aromatic rings. The maximum absolute atomic E-state index is 12.9. The van der Waals surface area contributed by atoms with E-state index in [1.165, 1.54) is 11.3 Å². The number of carbonyl (C=O) groups excluding carboxylic acids is 1. The summed E-state index contributed by atoms with van der Waals surface area (Å²) in [5.41, 5.74) is 4.33. The molecular weight excluding hydrogens is 364 g/mol. The first-order valence-electron chi connectivity index (χ1n) is 8.86. The van der Waals surface area contributed by atoms with Gasteiger partial charge < -0.3 is 19.4 Å². The van der Waals surface area contributed by atoms with Crippen molar-refractivity contribution in [2.75, 3.05) is 20.8 Å². The summed E-state index contributed by atoms with van der Waals surface area (Å²) in [7, 11) is 3.20. The molecule has 6 heteroatoms. The van der Waals surface area contributed by atoms with Gasteiger partial charge in [-0.25, -0.2) is 0 Å². The fourth-order valence-corrected chi connectivity index (χ4v) is 3.86. The number of aromatic nitrogens is 1. The minimum atomic E-state index is 0.108. The van der Waals surface area contributed by atoms with Gasteiger partial charge in [-0.2, -0.15) is 0 Å². The normalized spacial score (nSPS) is 13.5. The molecule has 0 saturated heterocycles. The summed E-state index contributed by atoms with van der Waals surface area (Å²) < 4.78 is 10.6. The molecule has 0 fully saturated rings. The zero-order valence-corrected chi connectivity index (χ0v) is 16.1. The summed E-state index contributed by atoms with van der Waals surface area (Å²) in [6.45, 7) is 1.32. The highest BCUT2D eigenvalue weighted by Gasteiger charge is 2.24. The number of amides is 1. The number of fused-ring (bicyclic) bond motifs is 3. The van der Waals surface area contributed by atoms with Gasteiger partial charge in [0.2, 0.25) is 5.91 Å². The topological polar surface area (TPSA) is 54.6 Å². The van der Waals surface area contributed by atoms with Crippen molar-refractivity contribution in [2.24, 2.45) is 0 Å². The number of hydrogen-bond donors (Lipinski definition) is 1. The van der Waals surface area contributed by atoms with E-state index in [9.17, 15) is 4.79 Å². The monoisotopic (exact) mass is 384 g/mol. The first-order chi connectivity index (χ1) is 13.1. The van der Waals surface area contributed by atoms with Crippen molar-refractivity contribution in [1.82, 2.24) is 9.88 Å². The van der Waals surface area contributed by atoms with Crippen LogP contribution in [-0.4, -0.2) is 36.6 Å². The molecule has 1 amide bonds. The van der Waals surface area contributed by atoms with E-state index < -0.39 is 0 Å². The van der Waals surface area contributed by atoms with Gasteiger partial charge in [0.1, 0.15) is 0 Å². The van der Waals surface area contributed by atoms with Gasteiger partial charge in [0.05, 0.1) is 20.6 Å². The van der Waals surface area contributed by atoms with Gasteiger partial charge in [0.25, 0.3) is 0 Å². The van der Waals surface area contributed by atoms with Crippen molar-refractivity contribution in [1.29, 1.82) is 0 Å². The lowest BCUT2D eigenvalue weighted by Crippen LogP contribution is -2.36. The Bertz CT molecular complexity index is 1010. The highest BCUT2D eigenvalue weighted by atomic mass is 35.5. The number of halogens is 1. The van der Waals surface area contributed by atoms with Crippen LogP contribution in [0.3, 0.4) is 0 Å². The number of aromatic amines is 1. The third-order valence-electron chi connectivity index (χ3n) is 5.09. The standard InChI is InChI=1S/C21H21ClN2O3/c1-26-19-6-3-13(9-20(19)27-2)10-21(25)24-8-7-17-16(12-24)15-5-4-14(22)11-18(15)23-17/h3-6,9,11,23H,7-8,10,12H2,1-2H3. The van der Waals surface area contributed by atoms with Gasteiger partial charge in [-0.1, -0.05) is 23.7 Å². The molecular formula is C21H21ClN2O3. The molecule has 1 aliphatic rings. The van der Waals surface area contributed by atoms with Crippen LogP contribution in [0.2, 0.25) is 5.02 Å². The molecule has 140 valence electrons. The van der Waals surface area contributed by atoms with Gasteiger partial charge in [0.15, 0.2) is 11.5 Å². The summed E-state index contributed by atoms with van der Waals surface area (Å²) in [6.07, 6.45) is 1.16. The molecule has 1 N–H and O–H groups in total. The lowest BCUT2D eigenvalue weighted by atomic mass is 10.0. The number of carbonyl (C=O) groups is 1. The van der Waals surface area contributed by atoms with E-state index in [0.29, 0.717) is 36.0 Å². The van der Waals surface area contributed by atoms with Gasteiger partial charge >= 0.3 is 0 Å². The summed E-state index contributed by atoms with van der Waals surface area (Å²) >= 11 is 6.09. The van der Waals surface area contributed by atoms with Gasteiger partial charge in [-0.15, -0.1) is 0 Å². The molecule has 0 radical (unpaired) electrons. The first-order valence-corrected chi connectivity index (χ1v) is 9.24. The molecule has 5 nitrogen and oxygen atoms in total. The number of nitrogens with one attached hydrogen (secondary N) is 1. The predicted molar refractivity (Wildman–Crippen MR) is 106 cm³/mol. The number of methoxy groups -OCH3 is 2. The number of hydrogen-bond acceptors (Lipinski definition) is 3. The lowest BCUT2D eigenvalue weighted by Gasteiger charge is -2.27. The van der Waals surface area contributed by atoms with Gasteiger partial charge in [-0.05, 0) is 29.8 Å². The molecule has 2 heterocycles. The fraction of sp³-hybridized carbons (Fsp3) is 0.286. The molecule has 0 aliphatic carbocycles. The number of nitrogens with zero attached hydrogens (tertiary/aromatic N) is 1. The Morgan fingerprint density at radius 3 is 2.74 bits per heavy atom. The molecule has 2 aromatic carbocycles. The highest BCUT2D eigenvalue weighted by Crippen LogP contribution is 2.31. The smallest absolute Gasteiger partial charge is 0.227 e. The predicted octanol–water partition coefficient (Wildman–Crippen LogP) is 3.97. The molecule has 4 rings (SSSR count). The molecule has 0 bridgehead atoms. The Hall–Kier alpha value is -2.66. The van der Waals surface area contributed by atoms with Crippen molar-refractivity contribution in [3.8, 4) is 11.5 Å². The maximum Gasteiger partial charge on any atom is 0.227 e. The Morgan fingerprint density at radius 2 is 1.96 bits per heavy atom. The van der Waals surface area contributed by atoms with Crippen LogP contribution in [-0.2, 0) is 24.2 Å². The minimum Gasteiger partial charge on any atom is -0.493 e. The molecule has 0 unspecified atom stereocenters. The largest absolute Gasteiger partial charge is 0.493 e. The van der Waals surface area contributed by atoms with Crippen LogP contribution in [0.4, 0.5) is 0 Å². The van der Waals surface area contributed by atoms with E-state index in [1.807, 2.05) is 41.3 Å². The summed E-state index contributed by atoms with van der Waals surface area (Å²) in [5, 5.41) is 1.85. The summed E-state index contributed by atoms with van der Waals surface area (Å²) in [5.74, 6) is 1.40. The second-order valence-corrected chi connectivity index (χ2v) is 7.14. The van der Waals surface area contributed by atoms with Crippen LogP contribution in [0.1, 0.15) is 16.8 Å². The van der Waals surface area contributed by atoms with Crippen molar-refractivity contribution >= 4 is 28.4 Å². The second kappa shape index (κ2) is 7.16. The molecule has 0 saturated carbocycles. The molecule has 0 atom stereocenters. The second-order valence-electron chi connectivity index (χ2n) is 6.70. The van der Waals surface area contributed by atoms with Gasteiger partial charge in [0, 0.05) is 46.7 Å².